The summed E-state index contributed by atoms with van der Waals surface area (Å²) in [7, 11) is 0. The first-order chi connectivity index (χ1) is 15.1. The monoisotopic (exact) mass is 519 g/mol. The first-order valence-electron chi connectivity index (χ1n) is 9.17. The molecule has 162 valence electrons. The lowest BCUT2D eigenvalue weighted by Gasteiger charge is -2.29. The van der Waals surface area contributed by atoms with Crippen molar-refractivity contribution >= 4 is 56.8 Å². The van der Waals surface area contributed by atoms with Crippen molar-refractivity contribution in [2.24, 2.45) is 0 Å². The van der Waals surface area contributed by atoms with Crippen LogP contribution >= 0.6 is 28.1 Å². The fourth-order valence-electron chi connectivity index (χ4n) is 3.21. The van der Waals surface area contributed by atoms with Crippen molar-refractivity contribution in [3.63, 3.8) is 0 Å². The van der Waals surface area contributed by atoms with E-state index < -0.39 is 23.6 Å². The van der Waals surface area contributed by atoms with Gasteiger partial charge < -0.3 is 4.57 Å². The number of carbonyl (C=O) groups is 2. The van der Waals surface area contributed by atoms with Crippen LogP contribution in [-0.2, 0) is 15.8 Å². The van der Waals surface area contributed by atoms with Crippen LogP contribution in [0.15, 0.2) is 76.9 Å². The number of amides is 2. The van der Waals surface area contributed by atoms with Gasteiger partial charge in [-0.05, 0) is 72.9 Å². The number of nitrogens with one attached hydrogen (secondary N) is 1. The maximum Gasteiger partial charge on any atom is 0.416 e. The molecule has 2 heterocycles. The van der Waals surface area contributed by atoms with Crippen LogP contribution in [0.1, 0.15) is 11.3 Å². The van der Waals surface area contributed by atoms with Crippen LogP contribution < -0.4 is 10.2 Å². The van der Waals surface area contributed by atoms with Crippen LogP contribution in [0.25, 0.3) is 11.8 Å². The van der Waals surface area contributed by atoms with E-state index in [1.165, 1.54) is 27.7 Å². The highest BCUT2D eigenvalue weighted by atomic mass is 79.9. The SMILES string of the molecule is O=C1NC(=S)N(c2ccc(Br)cc2)C(=O)C1=Cc1cccn1-c1cccc(C(F)(F)F)c1. The predicted molar refractivity (Wildman–Crippen MR) is 121 cm³/mol. The Labute approximate surface area is 194 Å². The fraction of sp³-hybridized carbons (Fsp3) is 0.0455. The Morgan fingerprint density at radius 3 is 2.38 bits per heavy atom. The minimum Gasteiger partial charge on any atom is -0.317 e. The van der Waals surface area contributed by atoms with E-state index in [0.29, 0.717) is 11.4 Å². The van der Waals surface area contributed by atoms with Gasteiger partial charge in [0, 0.05) is 22.1 Å². The van der Waals surface area contributed by atoms with E-state index in [4.69, 9.17) is 12.2 Å². The number of thiocarbonyl (C=S) groups is 1. The predicted octanol–water partition coefficient (Wildman–Crippen LogP) is 5.09. The smallest absolute Gasteiger partial charge is 0.317 e. The van der Waals surface area contributed by atoms with Gasteiger partial charge in [-0.15, -0.1) is 0 Å². The Kier molecular flexibility index (Phi) is 5.74. The molecule has 1 saturated heterocycles. The van der Waals surface area contributed by atoms with Gasteiger partial charge in [0.2, 0.25) is 0 Å². The summed E-state index contributed by atoms with van der Waals surface area (Å²) in [6.45, 7) is 0. The van der Waals surface area contributed by atoms with Crippen molar-refractivity contribution in [1.29, 1.82) is 0 Å². The van der Waals surface area contributed by atoms with E-state index in [1.807, 2.05) is 0 Å². The number of nitrogens with zero attached hydrogens (tertiary/aromatic N) is 2. The Hall–Kier alpha value is -3.24. The van der Waals surface area contributed by atoms with Crippen molar-refractivity contribution in [3.8, 4) is 5.69 Å². The van der Waals surface area contributed by atoms with Gasteiger partial charge in [-0.3, -0.25) is 19.8 Å². The Balaban J connectivity index is 1.74. The summed E-state index contributed by atoms with van der Waals surface area (Å²) in [6.07, 6.45) is -1.63. The molecule has 0 spiro atoms. The zero-order chi connectivity index (χ0) is 23.0. The standard InChI is InChI=1S/C22H13BrF3N3O2S/c23-14-6-8-15(9-7-14)29-20(31)18(19(30)27-21(29)32)12-17-5-2-10-28(17)16-4-1-3-13(11-16)22(24,25)26/h1-12H,(H,27,30,32). The van der Waals surface area contributed by atoms with Crippen LogP contribution in [-0.4, -0.2) is 21.5 Å². The Morgan fingerprint density at radius 1 is 0.969 bits per heavy atom. The number of hydrogen-bond donors (Lipinski definition) is 1. The van der Waals surface area contributed by atoms with Crippen LogP contribution in [0.3, 0.4) is 0 Å². The third-order valence-corrected chi connectivity index (χ3v) is 5.52. The van der Waals surface area contributed by atoms with Gasteiger partial charge in [0.05, 0.1) is 11.3 Å². The average molecular weight is 520 g/mol. The molecule has 1 aliphatic heterocycles. The number of rotatable bonds is 3. The molecule has 32 heavy (non-hydrogen) atoms. The lowest BCUT2D eigenvalue weighted by Crippen LogP contribution is -2.54. The molecule has 0 aliphatic carbocycles. The molecule has 1 aromatic heterocycles. The van der Waals surface area contributed by atoms with Crippen molar-refractivity contribution in [2.45, 2.75) is 6.18 Å². The molecular formula is C22H13BrF3N3O2S. The molecule has 2 aromatic carbocycles. The van der Waals surface area contributed by atoms with Gasteiger partial charge in [-0.25, -0.2) is 0 Å². The van der Waals surface area contributed by atoms with E-state index in [1.54, 1.807) is 42.6 Å². The van der Waals surface area contributed by atoms with Crippen molar-refractivity contribution in [3.05, 3.63) is 88.2 Å². The Morgan fingerprint density at radius 2 is 1.69 bits per heavy atom. The van der Waals surface area contributed by atoms with E-state index in [9.17, 15) is 22.8 Å². The lowest BCUT2D eigenvalue weighted by molar-refractivity contribution is -0.137. The quantitative estimate of drug-likeness (QED) is 0.298. The minimum absolute atomic E-state index is 0.0623. The molecule has 3 aromatic rings. The molecule has 0 bridgehead atoms. The third-order valence-electron chi connectivity index (χ3n) is 4.71. The molecule has 10 heteroatoms. The molecule has 0 radical (unpaired) electrons. The first kappa shape index (κ1) is 22.0. The summed E-state index contributed by atoms with van der Waals surface area (Å²) in [5.74, 6) is -1.33. The second-order valence-electron chi connectivity index (χ2n) is 6.79. The number of benzene rings is 2. The van der Waals surface area contributed by atoms with Gasteiger partial charge in [0.15, 0.2) is 5.11 Å². The highest BCUT2D eigenvalue weighted by molar-refractivity contribution is 9.10. The number of carbonyl (C=O) groups excluding carboxylic acids is 2. The number of hydrogen-bond acceptors (Lipinski definition) is 3. The van der Waals surface area contributed by atoms with E-state index >= 15 is 0 Å². The van der Waals surface area contributed by atoms with Crippen LogP contribution in [0.4, 0.5) is 18.9 Å². The summed E-state index contributed by atoms with van der Waals surface area (Å²) < 4.78 is 41.6. The minimum atomic E-state index is -4.50. The molecule has 1 aliphatic rings. The molecule has 0 saturated carbocycles. The second-order valence-corrected chi connectivity index (χ2v) is 8.09. The summed E-state index contributed by atoms with van der Waals surface area (Å²) in [6, 6.07) is 14.7. The van der Waals surface area contributed by atoms with Crippen molar-refractivity contribution < 1.29 is 22.8 Å². The second kappa shape index (κ2) is 8.36. The average Bonchev–Trinajstić information content (AvgIpc) is 3.20. The highest BCUT2D eigenvalue weighted by Gasteiger charge is 2.35. The lowest BCUT2D eigenvalue weighted by atomic mass is 10.1. The summed E-state index contributed by atoms with van der Waals surface area (Å²) in [5, 5.41) is 2.42. The number of halogens is 4. The normalized spacial score (nSPS) is 15.9. The molecule has 1 N–H and O–H groups in total. The zero-order valence-electron chi connectivity index (χ0n) is 16.1. The Bertz CT molecular complexity index is 1270. The zero-order valence-corrected chi connectivity index (χ0v) is 18.5. The van der Waals surface area contributed by atoms with Gasteiger partial charge in [0.25, 0.3) is 11.8 Å². The van der Waals surface area contributed by atoms with Crippen molar-refractivity contribution in [1.82, 2.24) is 9.88 Å². The maximum atomic E-state index is 13.1. The fourth-order valence-corrected chi connectivity index (χ4v) is 3.75. The van der Waals surface area contributed by atoms with Crippen LogP contribution in [0.2, 0.25) is 0 Å². The molecule has 0 atom stereocenters. The largest absolute Gasteiger partial charge is 0.416 e. The van der Waals surface area contributed by atoms with E-state index in [0.717, 1.165) is 16.6 Å². The molecule has 4 rings (SSSR count). The number of aromatic nitrogens is 1. The molecule has 1 fully saturated rings. The van der Waals surface area contributed by atoms with Crippen molar-refractivity contribution in [2.75, 3.05) is 4.90 Å². The summed E-state index contributed by atoms with van der Waals surface area (Å²) in [4.78, 5) is 26.8. The van der Waals surface area contributed by atoms with Gasteiger partial charge in [-0.1, -0.05) is 22.0 Å². The van der Waals surface area contributed by atoms with Crippen LogP contribution in [0, 0.1) is 0 Å². The first-order valence-corrected chi connectivity index (χ1v) is 10.4. The number of alkyl halides is 3. The summed E-state index contributed by atoms with van der Waals surface area (Å²) >= 11 is 8.49. The van der Waals surface area contributed by atoms with Crippen LogP contribution in [0.5, 0.6) is 0 Å². The molecule has 0 unspecified atom stereocenters. The summed E-state index contributed by atoms with van der Waals surface area (Å²) in [5.41, 5.74) is 0.0448. The van der Waals surface area contributed by atoms with E-state index in [2.05, 4.69) is 21.2 Å². The van der Waals surface area contributed by atoms with E-state index in [-0.39, 0.29) is 16.4 Å². The third kappa shape index (κ3) is 4.23. The van der Waals surface area contributed by atoms with Gasteiger partial charge >= 0.3 is 6.18 Å². The maximum absolute atomic E-state index is 13.1. The van der Waals surface area contributed by atoms with Gasteiger partial charge in [-0.2, -0.15) is 13.2 Å². The molecular weight excluding hydrogens is 507 g/mol. The van der Waals surface area contributed by atoms with Gasteiger partial charge in [0.1, 0.15) is 5.57 Å². The highest BCUT2D eigenvalue weighted by Crippen LogP contribution is 2.31. The number of anilines is 1. The molecule has 2 amide bonds. The topological polar surface area (TPSA) is 54.3 Å². The molecule has 5 nitrogen and oxygen atoms in total.